The van der Waals surface area contributed by atoms with E-state index in [1.54, 1.807) is 0 Å². The van der Waals surface area contributed by atoms with E-state index >= 15 is 0 Å². The van der Waals surface area contributed by atoms with Crippen LogP contribution in [0.25, 0.3) is 71.5 Å². The van der Waals surface area contributed by atoms with Crippen LogP contribution in [0.3, 0.4) is 0 Å². The maximum atomic E-state index is 9.36. The summed E-state index contributed by atoms with van der Waals surface area (Å²) >= 11 is 0. The predicted octanol–water partition coefficient (Wildman–Crippen LogP) is 8.55. The highest BCUT2D eigenvalue weighted by Crippen LogP contribution is 2.45. The summed E-state index contributed by atoms with van der Waals surface area (Å²) in [4.78, 5) is 10.4. The van der Waals surface area contributed by atoms with Gasteiger partial charge in [-0.1, -0.05) is 84.9 Å². The Morgan fingerprint density at radius 3 is 1.82 bits per heavy atom. The molecule has 39 heavy (non-hydrogen) atoms. The van der Waals surface area contributed by atoms with E-state index in [1.165, 1.54) is 0 Å². The fourth-order valence-corrected chi connectivity index (χ4v) is 5.93. The Kier molecular flexibility index (Phi) is 4.55. The average Bonchev–Trinajstić information content (AvgIpc) is 3.40. The number of rotatable bonds is 2. The molecular formula is C35H20N4. The zero-order chi connectivity index (χ0) is 25.9. The van der Waals surface area contributed by atoms with Gasteiger partial charge in [0.05, 0.1) is 22.8 Å². The van der Waals surface area contributed by atoms with Crippen LogP contribution in [0.1, 0.15) is 5.56 Å². The maximum absolute atomic E-state index is 9.36. The molecule has 0 unspecified atom stereocenters. The van der Waals surface area contributed by atoms with Crippen molar-refractivity contribution in [2.24, 2.45) is 0 Å². The van der Waals surface area contributed by atoms with Crippen molar-refractivity contribution in [1.29, 1.82) is 5.26 Å². The van der Waals surface area contributed by atoms with Crippen LogP contribution in [0.5, 0.6) is 0 Å². The van der Waals surface area contributed by atoms with Crippen LogP contribution in [-0.4, -0.2) is 14.4 Å². The standard InChI is InChI=1S/C35H20N4/c36-21-22-16-18-23(19-17-22)31-24-9-1-3-11-26(24)32(27-12-4-2-10-25(27)31)34-35-33(28-13-5-6-14-29(28)37-34)38-30-15-7-8-20-39(30)35/h1-20H. The molecule has 4 heteroatoms. The lowest BCUT2D eigenvalue weighted by atomic mass is 9.86. The van der Waals surface area contributed by atoms with Crippen LogP contribution >= 0.6 is 0 Å². The molecule has 0 aliphatic heterocycles. The number of pyridine rings is 2. The van der Waals surface area contributed by atoms with Crippen molar-refractivity contribution in [2.45, 2.75) is 0 Å². The highest BCUT2D eigenvalue weighted by molar-refractivity contribution is 6.24. The monoisotopic (exact) mass is 496 g/mol. The van der Waals surface area contributed by atoms with E-state index in [0.717, 1.165) is 71.5 Å². The number of hydrogen-bond acceptors (Lipinski definition) is 3. The first-order chi connectivity index (χ1) is 19.3. The van der Waals surface area contributed by atoms with E-state index in [-0.39, 0.29) is 0 Å². The Balaban J connectivity index is 1.59. The Labute approximate surface area is 224 Å². The molecule has 0 atom stereocenters. The second-order valence-corrected chi connectivity index (χ2v) is 9.75. The fraction of sp³-hybridized carbons (Fsp3) is 0. The molecule has 0 radical (unpaired) electrons. The van der Waals surface area contributed by atoms with E-state index in [1.807, 2.05) is 54.6 Å². The SMILES string of the molecule is N#Cc1ccc(-c2c3ccccc3c(-c3nc4ccccc4c4nc5ccccn5c34)c3ccccc23)cc1. The second kappa shape index (κ2) is 8.24. The highest BCUT2D eigenvalue weighted by atomic mass is 15.0. The van der Waals surface area contributed by atoms with Gasteiger partial charge in [-0.25, -0.2) is 9.97 Å². The van der Waals surface area contributed by atoms with Crippen molar-refractivity contribution in [3.63, 3.8) is 0 Å². The molecule has 0 bridgehead atoms. The number of nitrogens with zero attached hydrogens (tertiary/aromatic N) is 4. The number of imidazole rings is 1. The van der Waals surface area contributed by atoms with Gasteiger partial charge in [-0.15, -0.1) is 0 Å². The van der Waals surface area contributed by atoms with Crippen molar-refractivity contribution < 1.29 is 0 Å². The quantitative estimate of drug-likeness (QED) is 0.225. The average molecular weight is 497 g/mol. The van der Waals surface area contributed by atoms with Gasteiger partial charge in [0.2, 0.25) is 0 Å². The van der Waals surface area contributed by atoms with Gasteiger partial charge in [-0.05, 0) is 63.0 Å². The van der Waals surface area contributed by atoms with E-state index in [0.29, 0.717) is 5.56 Å². The van der Waals surface area contributed by atoms with Gasteiger partial charge in [-0.2, -0.15) is 5.26 Å². The van der Waals surface area contributed by atoms with Gasteiger partial charge in [0, 0.05) is 17.1 Å². The van der Waals surface area contributed by atoms with Gasteiger partial charge in [0.1, 0.15) is 16.7 Å². The van der Waals surface area contributed by atoms with Crippen molar-refractivity contribution in [3.8, 4) is 28.5 Å². The molecule has 0 saturated carbocycles. The van der Waals surface area contributed by atoms with Gasteiger partial charge in [0.25, 0.3) is 0 Å². The minimum absolute atomic E-state index is 0.652. The molecule has 8 aromatic rings. The largest absolute Gasteiger partial charge is 0.298 e. The summed E-state index contributed by atoms with van der Waals surface area (Å²) in [5.74, 6) is 0. The van der Waals surface area contributed by atoms with Crippen LogP contribution in [0.15, 0.2) is 121 Å². The third kappa shape index (κ3) is 3.11. The van der Waals surface area contributed by atoms with Gasteiger partial charge >= 0.3 is 0 Å². The Morgan fingerprint density at radius 2 is 1.15 bits per heavy atom. The molecule has 3 heterocycles. The fourth-order valence-electron chi connectivity index (χ4n) is 5.93. The summed E-state index contributed by atoms with van der Waals surface area (Å²) in [5.41, 5.74) is 8.68. The molecular weight excluding hydrogens is 476 g/mol. The molecule has 0 fully saturated rings. The van der Waals surface area contributed by atoms with Gasteiger partial charge in [-0.3, -0.25) is 4.40 Å². The lowest BCUT2D eigenvalue weighted by Crippen LogP contribution is -1.96. The molecule has 4 nitrogen and oxygen atoms in total. The summed E-state index contributed by atoms with van der Waals surface area (Å²) in [5, 5.41) is 15.0. The van der Waals surface area contributed by atoms with E-state index in [4.69, 9.17) is 9.97 Å². The van der Waals surface area contributed by atoms with Crippen LogP contribution in [0, 0.1) is 11.3 Å². The molecule has 0 N–H and O–H groups in total. The normalized spacial score (nSPS) is 11.6. The topological polar surface area (TPSA) is 54.0 Å². The Hall–Kier alpha value is -5.53. The molecule has 3 aromatic heterocycles. The van der Waals surface area contributed by atoms with Crippen molar-refractivity contribution in [3.05, 3.63) is 127 Å². The van der Waals surface area contributed by atoms with Crippen molar-refractivity contribution in [1.82, 2.24) is 14.4 Å². The zero-order valence-electron chi connectivity index (χ0n) is 20.8. The van der Waals surface area contributed by atoms with Gasteiger partial charge < -0.3 is 0 Å². The minimum atomic E-state index is 0.652. The van der Waals surface area contributed by atoms with Crippen molar-refractivity contribution in [2.75, 3.05) is 0 Å². The van der Waals surface area contributed by atoms with Crippen LogP contribution < -0.4 is 0 Å². The smallest absolute Gasteiger partial charge is 0.137 e. The summed E-state index contributed by atoms with van der Waals surface area (Å²) in [6.45, 7) is 0. The first-order valence-corrected chi connectivity index (χ1v) is 12.9. The third-order valence-corrected chi connectivity index (χ3v) is 7.62. The number of fused-ring (bicyclic) bond motifs is 7. The third-order valence-electron chi connectivity index (χ3n) is 7.62. The first-order valence-electron chi connectivity index (χ1n) is 12.9. The molecule has 0 aliphatic carbocycles. The number of nitriles is 1. The van der Waals surface area contributed by atoms with E-state index < -0.39 is 0 Å². The zero-order valence-corrected chi connectivity index (χ0v) is 20.8. The van der Waals surface area contributed by atoms with Crippen LogP contribution in [-0.2, 0) is 0 Å². The lowest BCUT2D eigenvalue weighted by molar-refractivity contribution is 1.22. The molecule has 0 amide bonds. The van der Waals surface area contributed by atoms with E-state index in [2.05, 4.69) is 77.3 Å². The summed E-state index contributed by atoms with van der Waals surface area (Å²) < 4.78 is 2.15. The predicted molar refractivity (Wildman–Crippen MR) is 159 cm³/mol. The molecule has 0 aliphatic rings. The highest BCUT2D eigenvalue weighted by Gasteiger charge is 2.22. The summed E-state index contributed by atoms with van der Waals surface area (Å²) in [7, 11) is 0. The van der Waals surface area contributed by atoms with E-state index in [9.17, 15) is 5.26 Å². The lowest BCUT2D eigenvalue weighted by Gasteiger charge is -2.18. The Morgan fingerprint density at radius 1 is 0.564 bits per heavy atom. The summed E-state index contributed by atoms with van der Waals surface area (Å²) in [6.07, 6.45) is 2.07. The second-order valence-electron chi connectivity index (χ2n) is 9.75. The number of aromatic nitrogens is 3. The summed E-state index contributed by atoms with van der Waals surface area (Å²) in [6, 6.07) is 41.6. The van der Waals surface area contributed by atoms with Crippen LogP contribution in [0.2, 0.25) is 0 Å². The molecule has 8 rings (SSSR count). The first kappa shape index (κ1) is 21.5. The maximum Gasteiger partial charge on any atom is 0.137 e. The van der Waals surface area contributed by atoms with Crippen LogP contribution in [0.4, 0.5) is 0 Å². The Bertz CT molecular complexity index is 2230. The molecule has 180 valence electrons. The minimum Gasteiger partial charge on any atom is -0.298 e. The molecule has 0 saturated heterocycles. The number of para-hydroxylation sites is 1. The van der Waals surface area contributed by atoms with Crippen molar-refractivity contribution >= 4 is 49.1 Å². The number of hydrogen-bond donors (Lipinski definition) is 0. The van der Waals surface area contributed by atoms with Gasteiger partial charge in [0.15, 0.2) is 0 Å². The number of benzene rings is 5. The molecule has 5 aromatic carbocycles. The molecule has 0 spiro atoms.